The topological polar surface area (TPSA) is 47.0 Å². The lowest BCUT2D eigenvalue weighted by Gasteiger charge is -2.06. The molecule has 88 valence electrons. The van der Waals surface area contributed by atoms with Crippen LogP contribution in [0.25, 0.3) is 0 Å². The molecule has 0 unspecified atom stereocenters. The van der Waals surface area contributed by atoms with Crippen molar-refractivity contribution in [2.75, 3.05) is 6.61 Å². The van der Waals surface area contributed by atoms with Gasteiger partial charge in [-0.2, -0.15) is 0 Å². The molecule has 1 aliphatic rings. The van der Waals surface area contributed by atoms with Gasteiger partial charge in [-0.1, -0.05) is 0 Å². The summed E-state index contributed by atoms with van der Waals surface area (Å²) in [7, 11) is 0. The molecular weight excluding hydrogens is 216 g/mol. The number of rotatable bonds is 6. The highest BCUT2D eigenvalue weighted by Crippen LogP contribution is 2.19. The van der Waals surface area contributed by atoms with Crippen molar-refractivity contribution in [1.29, 1.82) is 0 Å². The van der Waals surface area contributed by atoms with Crippen LogP contribution in [0.1, 0.15) is 18.5 Å². The molecule has 4 nitrogen and oxygen atoms in total. The van der Waals surface area contributed by atoms with Gasteiger partial charge >= 0.3 is 0 Å². The summed E-state index contributed by atoms with van der Waals surface area (Å²) in [6.45, 7) is -0.0439. The Kier molecular flexibility index (Phi) is 3.61. The minimum atomic E-state index is -2.49. The standard InChI is InChI=1S/C10H13F2N3O/c11-9(12)6-16-10-5-13-3-8(15-10)4-14-7-1-2-7/h3,5,7,9,14H,1-2,4,6H2. The summed E-state index contributed by atoms with van der Waals surface area (Å²) in [5, 5.41) is 3.26. The smallest absolute Gasteiger partial charge is 0.272 e. The molecule has 6 heteroatoms. The second-order valence-electron chi connectivity index (χ2n) is 3.71. The summed E-state index contributed by atoms with van der Waals surface area (Å²) in [5.41, 5.74) is 0.707. The van der Waals surface area contributed by atoms with Crippen LogP contribution in [0, 0.1) is 0 Å². The highest BCUT2D eigenvalue weighted by molar-refractivity contribution is 5.08. The predicted octanol–water partition coefficient (Wildman–Crippen LogP) is 1.37. The van der Waals surface area contributed by atoms with Crippen LogP contribution in [-0.2, 0) is 6.54 Å². The van der Waals surface area contributed by atoms with Crippen molar-refractivity contribution in [2.24, 2.45) is 0 Å². The maximum absolute atomic E-state index is 11.9. The van der Waals surface area contributed by atoms with E-state index in [0.29, 0.717) is 18.3 Å². The van der Waals surface area contributed by atoms with E-state index >= 15 is 0 Å². The highest BCUT2D eigenvalue weighted by atomic mass is 19.3. The van der Waals surface area contributed by atoms with Gasteiger partial charge in [0.2, 0.25) is 5.88 Å². The van der Waals surface area contributed by atoms with Gasteiger partial charge in [-0.15, -0.1) is 0 Å². The van der Waals surface area contributed by atoms with Crippen molar-refractivity contribution in [3.05, 3.63) is 18.1 Å². The molecule has 16 heavy (non-hydrogen) atoms. The zero-order valence-electron chi connectivity index (χ0n) is 8.70. The Hall–Kier alpha value is -1.30. The minimum Gasteiger partial charge on any atom is -0.470 e. The third-order valence-electron chi connectivity index (χ3n) is 2.17. The first-order valence-electron chi connectivity index (χ1n) is 5.19. The van der Waals surface area contributed by atoms with Crippen LogP contribution < -0.4 is 10.1 Å². The maximum atomic E-state index is 11.9. The predicted molar refractivity (Wildman–Crippen MR) is 53.4 cm³/mol. The van der Waals surface area contributed by atoms with Crippen LogP contribution in [0.15, 0.2) is 12.4 Å². The van der Waals surface area contributed by atoms with Gasteiger partial charge in [-0.3, -0.25) is 4.98 Å². The number of aromatic nitrogens is 2. The van der Waals surface area contributed by atoms with E-state index in [1.165, 1.54) is 19.0 Å². The van der Waals surface area contributed by atoms with E-state index in [1.54, 1.807) is 6.20 Å². The van der Waals surface area contributed by atoms with Gasteiger partial charge in [0.25, 0.3) is 6.43 Å². The maximum Gasteiger partial charge on any atom is 0.272 e. The lowest BCUT2D eigenvalue weighted by atomic mass is 10.4. The summed E-state index contributed by atoms with van der Waals surface area (Å²) in [5.74, 6) is 0.149. The Morgan fingerprint density at radius 1 is 1.44 bits per heavy atom. The van der Waals surface area contributed by atoms with Crippen molar-refractivity contribution in [3.8, 4) is 5.88 Å². The largest absolute Gasteiger partial charge is 0.470 e. The van der Waals surface area contributed by atoms with Crippen LogP contribution in [0.5, 0.6) is 5.88 Å². The van der Waals surface area contributed by atoms with Crippen molar-refractivity contribution in [1.82, 2.24) is 15.3 Å². The van der Waals surface area contributed by atoms with Crippen LogP contribution in [0.3, 0.4) is 0 Å². The molecule has 0 saturated heterocycles. The average Bonchev–Trinajstić information content (AvgIpc) is 3.08. The first-order valence-corrected chi connectivity index (χ1v) is 5.19. The van der Waals surface area contributed by atoms with Gasteiger partial charge in [-0.05, 0) is 12.8 Å². The lowest BCUT2D eigenvalue weighted by molar-refractivity contribution is 0.0792. The first kappa shape index (κ1) is 11.2. The molecule has 1 aromatic rings. The number of alkyl halides is 2. The summed E-state index contributed by atoms with van der Waals surface area (Å²) in [6.07, 6.45) is 2.83. The Morgan fingerprint density at radius 2 is 2.25 bits per heavy atom. The number of hydrogen-bond donors (Lipinski definition) is 1. The molecule has 0 radical (unpaired) electrons. The van der Waals surface area contributed by atoms with E-state index in [1.807, 2.05) is 0 Å². The van der Waals surface area contributed by atoms with E-state index in [-0.39, 0.29) is 5.88 Å². The van der Waals surface area contributed by atoms with Crippen LogP contribution >= 0.6 is 0 Å². The molecule has 2 rings (SSSR count). The van der Waals surface area contributed by atoms with Crippen molar-refractivity contribution in [3.63, 3.8) is 0 Å². The van der Waals surface area contributed by atoms with E-state index in [2.05, 4.69) is 15.3 Å². The third kappa shape index (κ3) is 3.69. The van der Waals surface area contributed by atoms with Gasteiger partial charge in [0.1, 0.15) is 0 Å². The molecule has 1 aromatic heterocycles. The monoisotopic (exact) mass is 229 g/mol. The fourth-order valence-electron chi connectivity index (χ4n) is 1.23. The Labute approximate surface area is 92.0 Å². The molecule has 0 aromatic carbocycles. The normalized spacial score (nSPS) is 15.4. The summed E-state index contributed by atoms with van der Waals surface area (Å²) >= 11 is 0. The van der Waals surface area contributed by atoms with Gasteiger partial charge in [-0.25, -0.2) is 13.8 Å². The van der Waals surface area contributed by atoms with E-state index in [0.717, 1.165) is 0 Å². The minimum absolute atomic E-state index is 0.149. The van der Waals surface area contributed by atoms with Crippen LogP contribution in [0.2, 0.25) is 0 Å². The average molecular weight is 229 g/mol. The molecule has 0 aliphatic heterocycles. The highest BCUT2D eigenvalue weighted by Gasteiger charge is 2.20. The molecule has 1 saturated carbocycles. The molecular formula is C10H13F2N3O. The molecule has 1 aliphatic carbocycles. The number of nitrogens with zero attached hydrogens (tertiary/aromatic N) is 2. The number of halogens is 2. The Balaban J connectivity index is 1.84. The second-order valence-corrected chi connectivity index (χ2v) is 3.71. The van der Waals surface area contributed by atoms with E-state index < -0.39 is 13.0 Å². The first-order chi connectivity index (χ1) is 7.74. The molecule has 1 fully saturated rings. The van der Waals surface area contributed by atoms with E-state index in [4.69, 9.17) is 4.74 Å². The van der Waals surface area contributed by atoms with Crippen molar-refractivity contribution in [2.45, 2.75) is 31.9 Å². The fraction of sp³-hybridized carbons (Fsp3) is 0.600. The van der Waals surface area contributed by atoms with Gasteiger partial charge < -0.3 is 10.1 Å². The number of ether oxygens (including phenoxy) is 1. The van der Waals surface area contributed by atoms with Crippen molar-refractivity contribution >= 4 is 0 Å². The van der Waals surface area contributed by atoms with Crippen LogP contribution in [-0.4, -0.2) is 29.0 Å². The second kappa shape index (κ2) is 5.16. The SMILES string of the molecule is FC(F)COc1cncc(CNC2CC2)n1. The Morgan fingerprint density at radius 3 is 2.94 bits per heavy atom. The van der Waals surface area contributed by atoms with E-state index in [9.17, 15) is 8.78 Å². The summed E-state index contributed by atoms with van der Waals surface area (Å²) < 4.78 is 28.6. The Bertz CT molecular complexity index is 323. The lowest BCUT2D eigenvalue weighted by Crippen LogP contribution is -2.17. The summed E-state index contributed by atoms with van der Waals surface area (Å²) in [4.78, 5) is 7.95. The zero-order chi connectivity index (χ0) is 11.4. The van der Waals surface area contributed by atoms with Gasteiger partial charge in [0.15, 0.2) is 6.61 Å². The molecule has 0 spiro atoms. The fourth-order valence-corrected chi connectivity index (χ4v) is 1.23. The quantitative estimate of drug-likeness (QED) is 0.800. The molecule has 0 amide bonds. The molecule has 1 heterocycles. The summed E-state index contributed by atoms with van der Waals surface area (Å²) in [6, 6.07) is 0.576. The third-order valence-corrected chi connectivity index (χ3v) is 2.17. The molecule has 0 atom stereocenters. The van der Waals surface area contributed by atoms with Gasteiger partial charge in [0, 0.05) is 18.8 Å². The molecule has 1 N–H and O–H groups in total. The molecule has 0 bridgehead atoms. The zero-order valence-corrected chi connectivity index (χ0v) is 8.70. The van der Waals surface area contributed by atoms with Crippen LogP contribution in [0.4, 0.5) is 8.78 Å². The van der Waals surface area contributed by atoms with Gasteiger partial charge in [0.05, 0.1) is 11.9 Å². The van der Waals surface area contributed by atoms with Crippen molar-refractivity contribution < 1.29 is 13.5 Å². The number of nitrogens with one attached hydrogen (secondary N) is 1. The number of hydrogen-bond acceptors (Lipinski definition) is 4.